The lowest BCUT2D eigenvalue weighted by atomic mass is 10.3. The summed E-state index contributed by atoms with van der Waals surface area (Å²) in [7, 11) is 1.63. The monoisotopic (exact) mass is 303 g/mol. The number of nitrogens with two attached hydrogens (primary N) is 1. The molecule has 7 nitrogen and oxygen atoms in total. The Hall–Kier alpha value is -2.61. The maximum absolute atomic E-state index is 11.9. The molecule has 0 aliphatic carbocycles. The molecule has 0 fully saturated rings. The molecule has 21 heavy (non-hydrogen) atoms. The number of anilines is 2. The van der Waals surface area contributed by atoms with E-state index < -0.39 is 0 Å². The highest BCUT2D eigenvalue weighted by Gasteiger charge is 2.10. The van der Waals surface area contributed by atoms with Gasteiger partial charge in [0.15, 0.2) is 5.13 Å². The summed E-state index contributed by atoms with van der Waals surface area (Å²) in [6.07, 6.45) is 3.18. The van der Waals surface area contributed by atoms with Gasteiger partial charge in [-0.25, -0.2) is 9.78 Å². The molecule has 1 amide bonds. The zero-order valence-electron chi connectivity index (χ0n) is 11.2. The van der Waals surface area contributed by atoms with Crippen LogP contribution in [0, 0.1) is 0 Å². The molecule has 2 heterocycles. The minimum atomic E-state index is -0.296. The van der Waals surface area contributed by atoms with Crippen LogP contribution in [0.1, 0.15) is 0 Å². The van der Waals surface area contributed by atoms with Crippen LogP contribution in [0.15, 0.2) is 35.4 Å². The number of aryl methyl sites for hydroxylation is 1. The second-order valence-electron chi connectivity index (χ2n) is 4.61. The molecule has 1 aromatic carbocycles. The van der Waals surface area contributed by atoms with Crippen molar-refractivity contribution in [3.63, 3.8) is 0 Å². The molecule has 108 valence electrons. The van der Waals surface area contributed by atoms with Gasteiger partial charge in [0.25, 0.3) is 0 Å². The van der Waals surface area contributed by atoms with Crippen molar-refractivity contribution in [2.75, 3.05) is 11.1 Å². The van der Waals surface area contributed by atoms with Crippen molar-refractivity contribution in [2.24, 2.45) is 7.05 Å². The van der Waals surface area contributed by atoms with E-state index in [1.54, 1.807) is 31.6 Å². The third-order valence-electron chi connectivity index (χ3n) is 2.99. The Kier molecular flexibility index (Phi) is 3.22. The maximum Gasteiger partial charge on any atom is 0.328 e. The Labute approximate surface area is 123 Å². The van der Waals surface area contributed by atoms with E-state index in [0.29, 0.717) is 10.8 Å². The average Bonchev–Trinajstić information content (AvgIpc) is 2.95. The number of fused-ring (bicyclic) bond motifs is 1. The topological polar surface area (TPSA) is 94.9 Å². The predicted octanol–water partition coefficient (Wildman–Crippen LogP) is 1.02. The van der Waals surface area contributed by atoms with Crippen LogP contribution in [0.2, 0.25) is 0 Å². The SMILES string of the molecule is Cn1ccn(CC(=O)Nc2nc3ccc(N)cc3s2)c1=O. The van der Waals surface area contributed by atoms with Crippen molar-refractivity contribution in [2.45, 2.75) is 6.54 Å². The minimum Gasteiger partial charge on any atom is -0.399 e. The van der Waals surface area contributed by atoms with Gasteiger partial charge >= 0.3 is 5.69 Å². The zero-order chi connectivity index (χ0) is 15.0. The molecule has 8 heteroatoms. The summed E-state index contributed by atoms with van der Waals surface area (Å²) >= 11 is 1.34. The first-order valence-electron chi connectivity index (χ1n) is 6.20. The predicted molar refractivity (Wildman–Crippen MR) is 82.3 cm³/mol. The summed E-state index contributed by atoms with van der Waals surface area (Å²) in [6, 6.07) is 5.38. The quantitative estimate of drug-likeness (QED) is 0.706. The Morgan fingerprint density at radius 1 is 1.43 bits per heavy atom. The van der Waals surface area contributed by atoms with Crippen LogP contribution in [0.5, 0.6) is 0 Å². The van der Waals surface area contributed by atoms with Crippen LogP contribution in [0.25, 0.3) is 10.2 Å². The number of rotatable bonds is 3. The molecule has 0 bridgehead atoms. The number of benzene rings is 1. The number of nitrogen functional groups attached to an aromatic ring is 1. The molecule has 2 aromatic heterocycles. The number of amides is 1. The molecule has 0 spiro atoms. The molecular weight excluding hydrogens is 290 g/mol. The van der Waals surface area contributed by atoms with Gasteiger partial charge in [0.05, 0.1) is 10.2 Å². The molecule has 3 N–H and O–H groups in total. The van der Waals surface area contributed by atoms with Gasteiger partial charge in [0.2, 0.25) is 5.91 Å². The lowest BCUT2D eigenvalue weighted by Crippen LogP contribution is -2.28. The first-order valence-corrected chi connectivity index (χ1v) is 7.02. The van der Waals surface area contributed by atoms with Crippen LogP contribution < -0.4 is 16.7 Å². The molecule has 0 aliphatic heterocycles. The van der Waals surface area contributed by atoms with Crippen LogP contribution in [-0.4, -0.2) is 20.0 Å². The number of hydrogen-bond donors (Lipinski definition) is 2. The Bertz CT molecular complexity index is 876. The minimum absolute atomic E-state index is 0.0439. The largest absolute Gasteiger partial charge is 0.399 e. The summed E-state index contributed by atoms with van der Waals surface area (Å²) < 4.78 is 3.65. The number of thiazole rings is 1. The lowest BCUT2D eigenvalue weighted by Gasteiger charge is -2.01. The molecule has 3 rings (SSSR count). The summed E-state index contributed by atoms with van der Waals surface area (Å²) in [4.78, 5) is 27.9. The van der Waals surface area contributed by atoms with Crippen LogP contribution in [0.4, 0.5) is 10.8 Å². The zero-order valence-corrected chi connectivity index (χ0v) is 12.1. The van der Waals surface area contributed by atoms with Gasteiger partial charge in [-0.3, -0.25) is 9.36 Å². The molecule has 0 atom stereocenters. The maximum atomic E-state index is 11.9. The number of hydrogen-bond acceptors (Lipinski definition) is 5. The molecule has 3 aromatic rings. The van der Waals surface area contributed by atoms with E-state index in [-0.39, 0.29) is 18.1 Å². The van der Waals surface area contributed by atoms with E-state index in [9.17, 15) is 9.59 Å². The first kappa shape index (κ1) is 13.4. The van der Waals surface area contributed by atoms with Gasteiger partial charge in [-0.2, -0.15) is 0 Å². The number of nitrogens with zero attached hydrogens (tertiary/aromatic N) is 3. The number of nitrogens with one attached hydrogen (secondary N) is 1. The van der Waals surface area contributed by atoms with Crippen LogP contribution in [-0.2, 0) is 18.4 Å². The highest BCUT2D eigenvalue weighted by Crippen LogP contribution is 2.27. The number of carbonyl (C=O) groups is 1. The van der Waals surface area contributed by atoms with Crippen LogP contribution >= 0.6 is 11.3 Å². The standard InChI is InChI=1S/C13H13N5O2S/c1-17-4-5-18(13(17)20)7-11(19)16-12-15-9-3-2-8(14)6-10(9)21-12/h2-6H,7,14H2,1H3,(H,15,16,19). The highest BCUT2D eigenvalue weighted by atomic mass is 32.1. The fraction of sp³-hybridized carbons (Fsp3) is 0.154. The molecule has 0 unspecified atom stereocenters. The summed E-state index contributed by atoms with van der Waals surface area (Å²) in [6.45, 7) is -0.0439. The number of carbonyl (C=O) groups excluding carboxylic acids is 1. The summed E-state index contributed by atoms with van der Waals surface area (Å²) in [5, 5.41) is 3.18. The number of aromatic nitrogens is 3. The van der Waals surface area contributed by atoms with Crippen molar-refractivity contribution in [3.8, 4) is 0 Å². The average molecular weight is 303 g/mol. The van der Waals surface area contributed by atoms with Gasteiger partial charge in [0, 0.05) is 25.1 Å². The fourth-order valence-corrected chi connectivity index (χ4v) is 2.87. The molecule has 0 saturated carbocycles. The molecule has 0 radical (unpaired) electrons. The Morgan fingerprint density at radius 2 is 2.24 bits per heavy atom. The second kappa shape index (κ2) is 5.06. The van der Waals surface area contributed by atoms with E-state index in [4.69, 9.17) is 5.73 Å². The van der Waals surface area contributed by atoms with Crippen molar-refractivity contribution in [1.82, 2.24) is 14.1 Å². The van der Waals surface area contributed by atoms with Gasteiger partial charge in [-0.15, -0.1) is 0 Å². The van der Waals surface area contributed by atoms with Crippen LogP contribution in [0.3, 0.4) is 0 Å². The molecular formula is C13H13N5O2S. The van der Waals surface area contributed by atoms with E-state index >= 15 is 0 Å². The van der Waals surface area contributed by atoms with E-state index in [1.807, 2.05) is 6.07 Å². The van der Waals surface area contributed by atoms with E-state index in [2.05, 4.69) is 10.3 Å². The van der Waals surface area contributed by atoms with Gasteiger partial charge in [-0.05, 0) is 18.2 Å². The Morgan fingerprint density at radius 3 is 2.95 bits per heavy atom. The van der Waals surface area contributed by atoms with Gasteiger partial charge < -0.3 is 15.6 Å². The van der Waals surface area contributed by atoms with Gasteiger partial charge in [-0.1, -0.05) is 11.3 Å². The summed E-state index contributed by atoms with van der Waals surface area (Å²) in [5.41, 5.74) is 6.90. The van der Waals surface area contributed by atoms with Crippen molar-refractivity contribution < 1.29 is 4.79 Å². The molecule has 0 saturated heterocycles. The Balaban J connectivity index is 1.77. The normalized spacial score (nSPS) is 10.9. The summed E-state index contributed by atoms with van der Waals surface area (Å²) in [5.74, 6) is -0.296. The van der Waals surface area contributed by atoms with Crippen molar-refractivity contribution in [3.05, 3.63) is 41.1 Å². The highest BCUT2D eigenvalue weighted by molar-refractivity contribution is 7.22. The van der Waals surface area contributed by atoms with Crippen molar-refractivity contribution in [1.29, 1.82) is 0 Å². The third-order valence-corrected chi connectivity index (χ3v) is 3.92. The lowest BCUT2D eigenvalue weighted by molar-refractivity contribution is -0.116. The number of imidazole rings is 1. The first-order chi connectivity index (χ1) is 10.0. The second-order valence-corrected chi connectivity index (χ2v) is 5.64. The van der Waals surface area contributed by atoms with Gasteiger partial charge in [0.1, 0.15) is 6.54 Å². The van der Waals surface area contributed by atoms with E-state index in [1.165, 1.54) is 20.5 Å². The molecule has 0 aliphatic rings. The fourth-order valence-electron chi connectivity index (χ4n) is 1.94. The smallest absolute Gasteiger partial charge is 0.328 e. The van der Waals surface area contributed by atoms with Crippen molar-refractivity contribution >= 4 is 38.3 Å². The van der Waals surface area contributed by atoms with E-state index in [0.717, 1.165) is 10.2 Å². The third kappa shape index (κ3) is 2.65.